The maximum atomic E-state index is 4.65. The smallest absolute Gasteiger partial charge is 0.244 e. The molecule has 0 unspecified atom stereocenters. The molecule has 0 aliphatic heterocycles. The highest BCUT2D eigenvalue weighted by Crippen LogP contribution is 2.28. The summed E-state index contributed by atoms with van der Waals surface area (Å²) in [6.07, 6.45) is 1.72. The highest BCUT2D eigenvalue weighted by Gasteiger charge is 2.13. The normalized spacial score (nSPS) is 10.8. The van der Waals surface area contributed by atoms with E-state index >= 15 is 0 Å². The molecule has 0 amide bonds. The Morgan fingerprint density at radius 2 is 1.19 bits per heavy atom. The lowest BCUT2D eigenvalue weighted by Crippen LogP contribution is -2.03. The van der Waals surface area contributed by atoms with Crippen LogP contribution < -0.4 is 5.43 Å². The van der Waals surface area contributed by atoms with Gasteiger partial charge in [0.2, 0.25) is 0 Å². The van der Waals surface area contributed by atoms with Gasteiger partial charge in [-0.2, -0.15) is 5.10 Å². The number of hydrogen-bond acceptors (Lipinski definition) is 5. The predicted octanol–water partition coefficient (Wildman–Crippen LogP) is 4.65. The lowest BCUT2D eigenvalue weighted by atomic mass is 10.0. The summed E-state index contributed by atoms with van der Waals surface area (Å²) in [6.45, 7) is 0. The molecule has 0 aliphatic rings. The minimum atomic E-state index is 0.348. The maximum absolute atomic E-state index is 4.65. The van der Waals surface area contributed by atoms with Crippen LogP contribution in [-0.4, -0.2) is 21.4 Å². The molecule has 0 saturated carbocycles. The van der Waals surface area contributed by atoms with Gasteiger partial charge in [-0.25, -0.2) is 10.4 Å². The summed E-state index contributed by atoms with van der Waals surface area (Å²) in [5.74, 6) is 0.348. The quantitative estimate of drug-likeness (QED) is 0.420. The molecule has 1 aromatic heterocycles. The second-order valence-corrected chi connectivity index (χ2v) is 5.85. The Balaban J connectivity index is 1.68. The third-order valence-corrected chi connectivity index (χ3v) is 3.96. The summed E-state index contributed by atoms with van der Waals surface area (Å²) < 4.78 is 0. The highest BCUT2D eigenvalue weighted by molar-refractivity contribution is 5.80. The molecule has 5 nitrogen and oxygen atoms in total. The third-order valence-electron chi connectivity index (χ3n) is 3.96. The van der Waals surface area contributed by atoms with Gasteiger partial charge in [-0.1, -0.05) is 91.0 Å². The molecule has 3 aromatic carbocycles. The molecular formula is C22H17N5. The number of aromatic nitrogens is 3. The van der Waals surface area contributed by atoms with E-state index < -0.39 is 0 Å². The molecule has 0 radical (unpaired) electrons. The van der Waals surface area contributed by atoms with E-state index in [0.29, 0.717) is 5.95 Å². The molecule has 0 fully saturated rings. The molecule has 0 spiro atoms. The van der Waals surface area contributed by atoms with Gasteiger partial charge in [0.15, 0.2) is 0 Å². The van der Waals surface area contributed by atoms with Crippen molar-refractivity contribution in [3.8, 4) is 22.5 Å². The fourth-order valence-electron chi connectivity index (χ4n) is 2.66. The van der Waals surface area contributed by atoms with Crippen LogP contribution in [0.2, 0.25) is 0 Å². The lowest BCUT2D eigenvalue weighted by Gasteiger charge is -2.09. The van der Waals surface area contributed by atoms with Gasteiger partial charge >= 0.3 is 0 Å². The van der Waals surface area contributed by atoms with Crippen molar-refractivity contribution >= 4 is 12.2 Å². The lowest BCUT2D eigenvalue weighted by molar-refractivity contribution is 0.973. The van der Waals surface area contributed by atoms with Gasteiger partial charge < -0.3 is 0 Å². The van der Waals surface area contributed by atoms with Crippen molar-refractivity contribution in [3.63, 3.8) is 0 Å². The molecule has 4 rings (SSSR count). The van der Waals surface area contributed by atoms with Crippen LogP contribution in [0.5, 0.6) is 0 Å². The Morgan fingerprint density at radius 1 is 0.630 bits per heavy atom. The van der Waals surface area contributed by atoms with Gasteiger partial charge in [-0.15, -0.1) is 10.2 Å². The summed E-state index contributed by atoms with van der Waals surface area (Å²) in [4.78, 5) is 4.65. The van der Waals surface area contributed by atoms with E-state index in [0.717, 1.165) is 28.1 Å². The van der Waals surface area contributed by atoms with E-state index in [2.05, 4.69) is 25.7 Å². The van der Waals surface area contributed by atoms with E-state index in [1.807, 2.05) is 91.0 Å². The number of hydrazone groups is 1. The van der Waals surface area contributed by atoms with Gasteiger partial charge in [0.05, 0.1) is 6.21 Å². The Bertz CT molecular complexity index is 1030. The number of anilines is 1. The van der Waals surface area contributed by atoms with Crippen LogP contribution in [0.15, 0.2) is 96.1 Å². The van der Waals surface area contributed by atoms with Crippen LogP contribution in [0.3, 0.4) is 0 Å². The topological polar surface area (TPSA) is 63.1 Å². The Morgan fingerprint density at radius 3 is 1.81 bits per heavy atom. The van der Waals surface area contributed by atoms with E-state index in [1.165, 1.54) is 0 Å². The Hall–Kier alpha value is -3.86. The first-order valence-corrected chi connectivity index (χ1v) is 8.60. The van der Waals surface area contributed by atoms with Crippen molar-refractivity contribution in [1.82, 2.24) is 15.2 Å². The number of nitrogens with zero attached hydrogens (tertiary/aromatic N) is 4. The molecule has 0 aliphatic carbocycles. The molecule has 27 heavy (non-hydrogen) atoms. The van der Waals surface area contributed by atoms with Crippen LogP contribution in [0.4, 0.5) is 5.95 Å². The minimum Gasteiger partial charge on any atom is -0.244 e. The number of hydrogen-bond donors (Lipinski definition) is 1. The molecule has 0 saturated heterocycles. The molecule has 1 heterocycles. The minimum absolute atomic E-state index is 0.348. The Labute approximate surface area is 157 Å². The SMILES string of the molecule is C(=N/Nc1nnc(-c2ccccc2)c(-c2ccccc2)n1)/c1ccccc1. The number of nitrogens with one attached hydrogen (secondary N) is 1. The zero-order chi connectivity index (χ0) is 18.3. The van der Waals surface area contributed by atoms with E-state index in [4.69, 9.17) is 0 Å². The number of benzene rings is 3. The first-order chi connectivity index (χ1) is 13.4. The van der Waals surface area contributed by atoms with Crippen LogP contribution in [0.25, 0.3) is 22.5 Å². The first kappa shape index (κ1) is 16.6. The molecule has 4 aromatic rings. The summed E-state index contributed by atoms with van der Waals surface area (Å²) in [6, 6.07) is 29.7. The van der Waals surface area contributed by atoms with Gasteiger partial charge in [0.1, 0.15) is 11.4 Å². The van der Waals surface area contributed by atoms with Crippen LogP contribution in [0, 0.1) is 0 Å². The van der Waals surface area contributed by atoms with Crippen molar-refractivity contribution in [2.75, 3.05) is 5.43 Å². The van der Waals surface area contributed by atoms with Gasteiger partial charge in [-0.05, 0) is 5.56 Å². The van der Waals surface area contributed by atoms with Crippen molar-refractivity contribution in [2.24, 2.45) is 5.10 Å². The molecular weight excluding hydrogens is 334 g/mol. The Kier molecular flexibility index (Phi) is 4.93. The predicted molar refractivity (Wildman–Crippen MR) is 108 cm³/mol. The van der Waals surface area contributed by atoms with Gasteiger partial charge in [0.25, 0.3) is 5.95 Å². The fraction of sp³-hybridized carbons (Fsp3) is 0. The van der Waals surface area contributed by atoms with Crippen LogP contribution in [0.1, 0.15) is 5.56 Å². The average Bonchev–Trinajstić information content (AvgIpc) is 2.76. The standard InChI is InChI=1S/C22H17N5/c1-4-10-17(11-5-1)16-23-26-22-24-20(18-12-6-2-7-13-18)21(25-27-22)19-14-8-3-9-15-19/h1-16H,(H,24,26,27)/b23-16-. The van der Waals surface area contributed by atoms with E-state index in [9.17, 15) is 0 Å². The first-order valence-electron chi connectivity index (χ1n) is 8.60. The molecule has 0 atom stereocenters. The second-order valence-electron chi connectivity index (χ2n) is 5.85. The molecule has 0 bridgehead atoms. The average molecular weight is 351 g/mol. The summed E-state index contributed by atoms with van der Waals surface area (Å²) >= 11 is 0. The summed E-state index contributed by atoms with van der Waals surface area (Å²) in [5, 5.41) is 12.8. The van der Waals surface area contributed by atoms with Crippen LogP contribution in [-0.2, 0) is 0 Å². The largest absolute Gasteiger partial charge is 0.263 e. The fourth-order valence-corrected chi connectivity index (χ4v) is 2.66. The van der Waals surface area contributed by atoms with E-state index in [-0.39, 0.29) is 0 Å². The number of rotatable bonds is 5. The molecule has 5 heteroatoms. The second kappa shape index (κ2) is 8.01. The summed E-state index contributed by atoms with van der Waals surface area (Å²) in [5.41, 5.74) is 7.29. The monoisotopic (exact) mass is 351 g/mol. The van der Waals surface area contributed by atoms with Crippen molar-refractivity contribution in [3.05, 3.63) is 96.6 Å². The maximum Gasteiger partial charge on any atom is 0.263 e. The highest BCUT2D eigenvalue weighted by atomic mass is 15.4. The van der Waals surface area contributed by atoms with Gasteiger partial charge in [-0.3, -0.25) is 0 Å². The zero-order valence-corrected chi connectivity index (χ0v) is 14.5. The molecule has 1 N–H and O–H groups in total. The van der Waals surface area contributed by atoms with E-state index in [1.54, 1.807) is 6.21 Å². The third kappa shape index (κ3) is 4.04. The van der Waals surface area contributed by atoms with Crippen molar-refractivity contribution in [2.45, 2.75) is 0 Å². The van der Waals surface area contributed by atoms with Crippen molar-refractivity contribution < 1.29 is 0 Å². The van der Waals surface area contributed by atoms with Gasteiger partial charge in [0, 0.05) is 11.1 Å². The van der Waals surface area contributed by atoms with Crippen molar-refractivity contribution in [1.29, 1.82) is 0 Å². The summed E-state index contributed by atoms with van der Waals surface area (Å²) in [7, 11) is 0. The molecule has 130 valence electrons. The van der Waals surface area contributed by atoms with Crippen LogP contribution >= 0.6 is 0 Å². The zero-order valence-electron chi connectivity index (χ0n) is 14.5.